The van der Waals surface area contributed by atoms with Crippen LogP contribution in [-0.4, -0.2) is 29.9 Å². The maximum absolute atomic E-state index is 14.0. The molecular formula is C136H92F4N6. The summed E-state index contributed by atoms with van der Waals surface area (Å²) in [7, 11) is 0. The Bertz CT molecular complexity index is 7920. The maximum atomic E-state index is 14.0. The fourth-order valence-electron chi connectivity index (χ4n) is 20.2. The summed E-state index contributed by atoms with van der Waals surface area (Å²) < 4.78 is 55.9. The molecule has 6 nitrogen and oxygen atoms in total. The van der Waals surface area contributed by atoms with Crippen LogP contribution in [0.5, 0.6) is 0 Å². The van der Waals surface area contributed by atoms with Crippen LogP contribution in [0.15, 0.2) is 486 Å². The van der Waals surface area contributed by atoms with Crippen LogP contribution in [-0.2, 0) is 0 Å². The Morgan fingerprint density at radius 3 is 0.390 bits per heavy atom. The van der Waals surface area contributed by atoms with E-state index in [4.69, 9.17) is 29.9 Å². The van der Waals surface area contributed by atoms with Gasteiger partial charge in [-0.25, -0.2) is 17.6 Å². The van der Waals surface area contributed by atoms with Crippen LogP contribution < -0.4 is 0 Å². The van der Waals surface area contributed by atoms with E-state index < -0.39 is 0 Å². The fourth-order valence-corrected chi connectivity index (χ4v) is 20.2. The molecule has 0 aliphatic heterocycles. The monoisotopic (exact) mass is 1880 g/mol. The molecule has 5 heterocycles. The molecule has 0 radical (unpaired) electrons. The average molecular weight is 1890 g/mol. The van der Waals surface area contributed by atoms with Crippen molar-refractivity contribution in [3.05, 3.63) is 532 Å². The second kappa shape index (κ2) is 39.8. The fraction of sp³-hybridized carbons (Fsp3) is 0.0294. The zero-order valence-electron chi connectivity index (χ0n) is 80.4. The van der Waals surface area contributed by atoms with Gasteiger partial charge in [0.25, 0.3) is 0 Å². The molecule has 0 aliphatic rings. The van der Waals surface area contributed by atoms with Gasteiger partial charge >= 0.3 is 0 Å². The zero-order valence-corrected chi connectivity index (χ0v) is 80.4. The number of aromatic nitrogens is 6. The van der Waals surface area contributed by atoms with Gasteiger partial charge in [0.05, 0.1) is 46.6 Å². The second-order valence-electron chi connectivity index (χ2n) is 37.2. The Labute approximate surface area is 846 Å². The lowest BCUT2D eigenvalue weighted by molar-refractivity contribution is 0.627. The van der Waals surface area contributed by atoms with Crippen LogP contribution >= 0.6 is 0 Å². The quantitative estimate of drug-likeness (QED) is 0.0629. The highest BCUT2D eigenvalue weighted by molar-refractivity contribution is 5.98. The first-order chi connectivity index (χ1) is 71.6. The summed E-state index contributed by atoms with van der Waals surface area (Å²) in [5.74, 6) is -1.09. The molecule has 146 heavy (non-hydrogen) atoms. The van der Waals surface area contributed by atoms with Gasteiger partial charge in [-0.1, -0.05) is 340 Å². The third-order valence-corrected chi connectivity index (χ3v) is 28.0. The smallest absolute Gasteiger partial charge is 0.123 e. The number of rotatable bonds is 22. The highest BCUT2D eigenvalue weighted by Gasteiger charge is 2.24. The van der Waals surface area contributed by atoms with Gasteiger partial charge in [-0.05, 0) is 315 Å². The molecule has 0 saturated carbocycles. The van der Waals surface area contributed by atoms with E-state index in [1.165, 1.54) is 48.5 Å². The van der Waals surface area contributed by atoms with Crippen molar-refractivity contribution in [2.45, 2.75) is 27.7 Å². The summed E-state index contributed by atoms with van der Waals surface area (Å²) in [6, 6.07) is 152. The molecule has 694 valence electrons. The van der Waals surface area contributed by atoms with Crippen LogP contribution in [0, 0.1) is 51.0 Å². The number of hydrogen-bond acceptors (Lipinski definition) is 6. The molecule has 0 spiro atoms. The van der Waals surface area contributed by atoms with Gasteiger partial charge in [0.15, 0.2) is 0 Å². The minimum atomic E-state index is -0.273. The van der Waals surface area contributed by atoms with E-state index in [1.54, 1.807) is 48.5 Å². The van der Waals surface area contributed by atoms with Crippen molar-refractivity contribution < 1.29 is 17.6 Å². The van der Waals surface area contributed by atoms with Gasteiger partial charge in [0, 0.05) is 80.4 Å². The van der Waals surface area contributed by atoms with E-state index >= 15 is 0 Å². The molecule has 18 aromatic carbocycles. The zero-order chi connectivity index (χ0) is 98.8. The standard InChI is InChI=1S/C136H92F4N6/c1-85-69-131(141-79-127(85)95-53-61-111(137)62-54-95)99-41-29-89(30-42-99)115-17-5-11-23-121(115)105-73-106(122-24-12-6-18-116(122)90-31-43-100(44-32-90)132-70-86(2)128(80-142-132)96-55-63-112(138)64-56-96)76-109(75-105)125-27-15-9-21-119(125)93-37-49-103(50-38-93)135-83-146-136(84-145-135)104-51-39-94(40-52-104)120-22-10-16-28-126(120)110-77-107(123-25-13-7-19-117(123)91-33-45-101(46-34-91)133-71-87(3)129(81-143-133)97-57-65-113(139)66-58-97)74-108(78-110)124-26-14-8-20-118(124)92-35-47-102(48-36-92)134-72-88(4)130(82-144-134)98-59-67-114(140)68-60-98/h5-84H,1-4H3. The predicted octanol–water partition coefficient (Wildman–Crippen LogP) is 36.5. The first kappa shape index (κ1) is 91.2. The molecule has 23 aromatic rings. The third-order valence-electron chi connectivity index (χ3n) is 28.0. The van der Waals surface area contributed by atoms with Gasteiger partial charge in [0.1, 0.15) is 23.3 Å². The summed E-state index contributed by atoms with van der Waals surface area (Å²) in [5.41, 5.74) is 48.0. The lowest BCUT2D eigenvalue weighted by Crippen LogP contribution is -1.93. The van der Waals surface area contributed by atoms with Crippen LogP contribution in [0.25, 0.3) is 246 Å². The van der Waals surface area contributed by atoms with Crippen molar-refractivity contribution in [1.82, 2.24) is 29.9 Å². The van der Waals surface area contributed by atoms with Crippen molar-refractivity contribution in [3.63, 3.8) is 0 Å². The summed E-state index contributed by atoms with van der Waals surface area (Å²) in [6.07, 6.45) is 11.3. The van der Waals surface area contributed by atoms with Crippen LogP contribution in [0.3, 0.4) is 0 Å². The molecule has 0 bridgehead atoms. The summed E-state index contributed by atoms with van der Waals surface area (Å²) in [6.45, 7) is 8.28. The molecule has 0 saturated heterocycles. The molecule has 23 rings (SSSR count). The average Bonchev–Trinajstić information content (AvgIpc) is 0.764. The van der Waals surface area contributed by atoms with Gasteiger partial charge in [0.2, 0.25) is 0 Å². The highest BCUT2D eigenvalue weighted by Crippen LogP contribution is 2.48. The summed E-state index contributed by atoms with van der Waals surface area (Å²) in [4.78, 5) is 29.9. The summed E-state index contributed by atoms with van der Waals surface area (Å²) >= 11 is 0. The lowest BCUT2D eigenvalue weighted by atomic mass is 9.86. The van der Waals surface area contributed by atoms with Crippen molar-refractivity contribution in [2.24, 2.45) is 0 Å². The predicted molar refractivity (Wildman–Crippen MR) is 592 cm³/mol. The number of pyridine rings is 4. The summed E-state index contributed by atoms with van der Waals surface area (Å²) in [5, 5.41) is 0. The van der Waals surface area contributed by atoms with Crippen molar-refractivity contribution in [2.75, 3.05) is 0 Å². The number of aryl methyl sites for hydroxylation is 4. The van der Waals surface area contributed by atoms with E-state index in [0.717, 1.165) is 268 Å². The lowest BCUT2D eigenvalue weighted by Gasteiger charge is -2.18. The molecule has 0 fully saturated rings. The Morgan fingerprint density at radius 1 is 0.116 bits per heavy atom. The van der Waals surface area contributed by atoms with Gasteiger partial charge in [-0.3, -0.25) is 29.9 Å². The Morgan fingerprint density at radius 2 is 0.240 bits per heavy atom. The maximum Gasteiger partial charge on any atom is 0.123 e. The van der Waals surface area contributed by atoms with Crippen molar-refractivity contribution >= 4 is 0 Å². The first-order valence-corrected chi connectivity index (χ1v) is 48.8. The first-order valence-electron chi connectivity index (χ1n) is 48.8. The van der Waals surface area contributed by atoms with Gasteiger partial charge in [-0.2, -0.15) is 0 Å². The van der Waals surface area contributed by atoms with Gasteiger partial charge in [-0.15, -0.1) is 0 Å². The minimum absolute atomic E-state index is 0.273. The van der Waals surface area contributed by atoms with Crippen molar-refractivity contribution in [3.8, 4) is 246 Å². The van der Waals surface area contributed by atoms with Crippen LogP contribution in [0.2, 0.25) is 0 Å². The molecular weight excluding hydrogens is 1790 g/mol. The normalized spacial score (nSPS) is 11.3. The number of nitrogens with zero attached hydrogens (tertiary/aromatic N) is 6. The van der Waals surface area contributed by atoms with Crippen molar-refractivity contribution in [1.29, 1.82) is 0 Å². The van der Waals surface area contributed by atoms with E-state index in [-0.39, 0.29) is 23.3 Å². The molecule has 0 aliphatic carbocycles. The minimum Gasteiger partial charge on any atom is -0.256 e. The van der Waals surface area contributed by atoms with Gasteiger partial charge < -0.3 is 0 Å². The molecule has 0 N–H and O–H groups in total. The van der Waals surface area contributed by atoms with E-state index in [0.29, 0.717) is 0 Å². The number of hydrogen-bond donors (Lipinski definition) is 0. The largest absolute Gasteiger partial charge is 0.256 e. The Hall–Kier alpha value is -18.6. The van der Waals surface area contributed by atoms with Crippen LogP contribution in [0.4, 0.5) is 17.6 Å². The second-order valence-corrected chi connectivity index (χ2v) is 37.2. The number of benzene rings is 18. The Kier molecular flexibility index (Phi) is 24.9. The SMILES string of the molecule is Cc1cc(-c2ccc(-c3ccccc3-c3cc(-c4ccccc4-c4ccc(-c5cnc(-c6ccc(-c7ccccc7-c7cc(-c8ccccc8-c8ccc(-c9cc(C)c(-c%10ccc(F)cc%10)cn9)cc8)cc(-c8ccccc8-c8ccc(-c9cc(C)c(-c%10ccc(F)cc%10)cn9)cc8)c7)cc6)cn5)cc4)cc(-c4ccccc4-c4ccc(-c5cc(C)c(-c6ccc(F)cc6)cn5)cc4)c3)cc2)ncc1-c1ccc(F)cc1. The molecule has 0 unspecified atom stereocenters. The molecule has 0 atom stereocenters. The topological polar surface area (TPSA) is 77.3 Å². The third kappa shape index (κ3) is 18.8. The Balaban J connectivity index is 0.546. The number of halogens is 4. The highest BCUT2D eigenvalue weighted by atomic mass is 19.1. The van der Waals surface area contributed by atoms with E-state index in [9.17, 15) is 17.6 Å². The van der Waals surface area contributed by atoms with Crippen LogP contribution in [0.1, 0.15) is 22.3 Å². The molecule has 10 heteroatoms. The molecule has 5 aromatic heterocycles. The molecule has 0 amide bonds. The van der Waals surface area contributed by atoms with E-state index in [1.807, 2.05) is 37.2 Å². The van der Waals surface area contributed by atoms with E-state index in [2.05, 4.69) is 380 Å².